The number of rotatable bonds is 11. The second-order valence-electron chi connectivity index (χ2n) is 11.7. The molecule has 46 heavy (non-hydrogen) atoms. The molecule has 0 aliphatic carbocycles. The molecule has 0 bridgehead atoms. The fourth-order valence-electron chi connectivity index (χ4n) is 5.77. The number of pyridine rings is 3. The molecule has 2 saturated heterocycles. The first-order valence-electron chi connectivity index (χ1n) is 15.2. The van der Waals surface area contributed by atoms with Gasteiger partial charge in [0.05, 0.1) is 29.6 Å². The van der Waals surface area contributed by atoms with Crippen LogP contribution in [0, 0.1) is 6.92 Å². The first-order chi connectivity index (χ1) is 22.3. The summed E-state index contributed by atoms with van der Waals surface area (Å²) in [6.45, 7) is 5.11. The van der Waals surface area contributed by atoms with Crippen molar-refractivity contribution < 1.29 is 19.4 Å². The number of likely N-dealkylation sites (tertiary alicyclic amines) is 1. The molecule has 11 nitrogen and oxygen atoms in total. The first kappa shape index (κ1) is 31.6. The predicted octanol–water partition coefficient (Wildman–Crippen LogP) is 3.97. The largest absolute Gasteiger partial charge is 0.481 e. The van der Waals surface area contributed by atoms with Crippen molar-refractivity contribution in [2.24, 2.45) is 0 Å². The maximum atomic E-state index is 13.1. The number of aromatic nitrogens is 3. The van der Waals surface area contributed by atoms with Gasteiger partial charge < -0.3 is 25.8 Å². The molecule has 4 N–H and O–H groups in total. The number of nitrogens with zero attached hydrogens (tertiary/aromatic N) is 4. The van der Waals surface area contributed by atoms with Crippen LogP contribution in [0.5, 0.6) is 5.88 Å². The summed E-state index contributed by atoms with van der Waals surface area (Å²) < 4.78 is 5.61. The van der Waals surface area contributed by atoms with Gasteiger partial charge in [0, 0.05) is 80.0 Å². The van der Waals surface area contributed by atoms with Crippen LogP contribution in [0.2, 0.25) is 5.02 Å². The second-order valence-corrected chi connectivity index (χ2v) is 12.0. The van der Waals surface area contributed by atoms with E-state index in [4.69, 9.17) is 21.3 Å². The Balaban J connectivity index is 1.16. The Kier molecular flexibility index (Phi) is 9.55. The molecule has 2 aliphatic rings. The molecule has 3 aromatic heterocycles. The lowest BCUT2D eigenvalue weighted by atomic mass is 10.0. The Hall–Kier alpha value is -4.42. The van der Waals surface area contributed by atoms with Crippen LogP contribution in [0.4, 0.5) is 5.69 Å². The number of carbonyl (C=O) groups excluding carboxylic acids is 2. The number of benzene rings is 1. The van der Waals surface area contributed by atoms with E-state index in [1.807, 2.05) is 49.4 Å². The van der Waals surface area contributed by atoms with Gasteiger partial charge in [-0.2, -0.15) is 0 Å². The number of aliphatic hydroxyl groups excluding tert-OH is 1. The molecule has 1 aromatic carbocycles. The van der Waals surface area contributed by atoms with Gasteiger partial charge in [0.15, 0.2) is 0 Å². The number of hydrogen-bond acceptors (Lipinski definition) is 9. The fourth-order valence-corrected chi connectivity index (χ4v) is 6.08. The van der Waals surface area contributed by atoms with Crippen molar-refractivity contribution in [1.82, 2.24) is 30.5 Å². The Morgan fingerprint density at radius 2 is 1.98 bits per heavy atom. The zero-order chi connectivity index (χ0) is 32.2. The van der Waals surface area contributed by atoms with Crippen molar-refractivity contribution in [2.75, 3.05) is 32.1 Å². The van der Waals surface area contributed by atoms with Crippen LogP contribution in [0.3, 0.4) is 0 Å². The summed E-state index contributed by atoms with van der Waals surface area (Å²) in [6, 6.07) is 15.0. The predicted molar refractivity (Wildman–Crippen MR) is 176 cm³/mol. The summed E-state index contributed by atoms with van der Waals surface area (Å²) in [5.41, 5.74) is 6.29. The maximum Gasteiger partial charge on any atom is 0.274 e. The molecule has 238 valence electrons. The topological polar surface area (TPSA) is 142 Å². The van der Waals surface area contributed by atoms with Gasteiger partial charge in [-0.05, 0) is 48.7 Å². The number of hydrogen-bond donors (Lipinski definition) is 4. The van der Waals surface area contributed by atoms with Crippen molar-refractivity contribution in [3.63, 3.8) is 0 Å². The molecule has 0 spiro atoms. The summed E-state index contributed by atoms with van der Waals surface area (Å²) in [5, 5.41) is 19.2. The van der Waals surface area contributed by atoms with Crippen molar-refractivity contribution in [1.29, 1.82) is 0 Å². The van der Waals surface area contributed by atoms with E-state index in [-0.39, 0.29) is 24.0 Å². The highest BCUT2D eigenvalue weighted by Crippen LogP contribution is 2.38. The van der Waals surface area contributed by atoms with E-state index in [0.717, 1.165) is 28.7 Å². The summed E-state index contributed by atoms with van der Waals surface area (Å²) in [4.78, 5) is 40.4. The smallest absolute Gasteiger partial charge is 0.274 e. The minimum Gasteiger partial charge on any atom is -0.481 e. The summed E-state index contributed by atoms with van der Waals surface area (Å²) >= 11 is 6.98. The van der Waals surface area contributed by atoms with Gasteiger partial charge in [-0.3, -0.25) is 24.5 Å². The molecular weight excluding hydrogens is 606 g/mol. The van der Waals surface area contributed by atoms with Crippen molar-refractivity contribution >= 4 is 29.1 Å². The molecule has 4 aromatic rings. The standard InChI is InChI=1S/C34H36ClN7O4/c1-20-25(4-3-5-27(20)40-33(45)29-9-6-21(14-38-29)17-42-18-24(43)19-42)32-31(35)26(12-13-37-32)28-10-7-22(34(41-28)46-2)15-36-16-23-8-11-30(44)39-23/h3-7,9-10,12-14,23-24,36,43H,8,11,15-19H2,1-2H3,(H,39,44)(H,40,45)/t23-/m0/s1. The van der Waals surface area contributed by atoms with E-state index < -0.39 is 0 Å². The van der Waals surface area contributed by atoms with Gasteiger partial charge in [-0.1, -0.05) is 35.9 Å². The molecule has 0 saturated carbocycles. The third-order valence-electron chi connectivity index (χ3n) is 8.33. The molecule has 1 atom stereocenters. The minimum absolute atomic E-state index is 0.0929. The van der Waals surface area contributed by atoms with E-state index in [9.17, 15) is 14.7 Å². The fraction of sp³-hybridized carbons (Fsp3) is 0.324. The molecular formula is C34H36ClN7O4. The van der Waals surface area contributed by atoms with Crippen molar-refractivity contribution in [2.45, 2.75) is 45.0 Å². The molecule has 6 rings (SSSR count). The quantitative estimate of drug-likeness (QED) is 0.191. The number of nitrogens with one attached hydrogen (secondary N) is 3. The third kappa shape index (κ3) is 7.02. The Morgan fingerprint density at radius 3 is 2.70 bits per heavy atom. The third-order valence-corrected chi connectivity index (χ3v) is 8.71. The van der Waals surface area contributed by atoms with Gasteiger partial charge in [-0.15, -0.1) is 0 Å². The lowest BCUT2D eigenvalue weighted by Gasteiger charge is -2.35. The number of halogens is 1. The van der Waals surface area contributed by atoms with Gasteiger partial charge in [0.1, 0.15) is 5.69 Å². The average Bonchev–Trinajstić information content (AvgIpc) is 3.46. The van der Waals surface area contributed by atoms with Crippen LogP contribution < -0.4 is 20.7 Å². The highest BCUT2D eigenvalue weighted by Gasteiger charge is 2.24. The van der Waals surface area contributed by atoms with Gasteiger partial charge >= 0.3 is 0 Å². The first-order valence-corrected chi connectivity index (χ1v) is 15.6. The maximum absolute atomic E-state index is 13.1. The van der Waals surface area contributed by atoms with E-state index in [2.05, 4.69) is 30.8 Å². The van der Waals surface area contributed by atoms with Crippen LogP contribution in [-0.4, -0.2) is 75.7 Å². The lowest BCUT2D eigenvalue weighted by molar-refractivity contribution is -0.119. The van der Waals surface area contributed by atoms with E-state index in [1.165, 1.54) is 0 Å². The monoisotopic (exact) mass is 641 g/mol. The number of methoxy groups -OCH3 is 1. The van der Waals surface area contributed by atoms with Crippen LogP contribution >= 0.6 is 11.6 Å². The van der Waals surface area contributed by atoms with Gasteiger partial charge in [0.25, 0.3) is 5.91 Å². The molecule has 5 heterocycles. The average molecular weight is 642 g/mol. The molecule has 0 radical (unpaired) electrons. The van der Waals surface area contributed by atoms with Gasteiger partial charge in [0.2, 0.25) is 11.8 Å². The van der Waals surface area contributed by atoms with Crippen LogP contribution in [0.15, 0.2) is 60.9 Å². The van der Waals surface area contributed by atoms with Crippen LogP contribution in [0.1, 0.15) is 40.0 Å². The molecule has 2 amide bonds. The highest BCUT2D eigenvalue weighted by atomic mass is 35.5. The van der Waals surface area contributed by atoms with E-state index >= 15 is 0 Å². The van der Waals surface area contributed by atoms with Crippen molar-refractivity contribution in [3.05, 3.63) is 88.3 Å². The normalized spacial score (nSPS) is 16.6. The summed E-state index contributed by atoms with van der Waals surface area (Å²) in [7, 11) is 1.58. The number of amides is 2. The Labute approximate surface area is 272 Å². The van der Waals surface area contributed by atoms with Crippen molar-refractivity contribution in [3.8, 4) is 28.4 Å². The number of β-amino-alcohol motifs (C(OH)–C–C–N with tert-alkyl or cyclic N) is 1. The van der Waals surface area contributed by atoms with Gasteiger partial charge in [-0.25, -0.2) is 4.98 Å². The zero-order valence-corrected chi connectivity index (χ0v) is 26.5. The number of carbonyl (C=O) groups is 2. The van der Waals surface area contributed by atoms with Crippen LogP contribution in [-0.2, 0) is 17.9 Å². The SMILES string of the molecule is COc1nc(-c2ccnc(-c3cccc(NC(=O)c4ccc(CN5CC(O)C5)cn4)c3C)c2Cl)ccc1CNC[C@@H]1CCC(=O)N1. The van der Waals surface area contributed by atoms with E-state index in [1.54, 1.807) is 25.6 Å². The highest BCUT2D eigenvalue weighted by molar-refractivity contribution is 6.35. The Bertz CT molecular complexity index is 1740. The Morgan fingerprint density at radius 1 is 1.13 bits per heavy atom. The lowest BCUT2D eigenvalue weighted by Crippen LogP contribution is -2.49. The zero-order valence-electron chi connectivity index (χ0n) is 25.7. The second kappa shape index (κ2) is 13.9. The van der Waals surface area contributed by atoms with E-state index in [0.29, 0.717) is 78.4 Å². The summed E-state index contributed by atoms with van der Waals surface area (Å²) in [5.74, 6) is 0.255. The number of anilines is 1. The minimum atomic E-state index is -0.321. The molecule has 2 fully saturated rings. The molecule has 12 heteroatoms. The number of ether oxygens (including phenoxy) is 1. The molecule has 2 aliphatic heterocycles. The number of aliphatic hydroxyl groups is 1. The van der Waals surface area contributed by atoms with Crippen LogP contribution in [0.25, 0.3) is 22.5 Å². The summed E-state index contributed by atoms with van der Waals surface area (Å²) in [6.07, 6.45) is 4.52. The molecule has 0 unspecified atom stereocenters.